The molecule has 7 heteroatoms. The molecule has 0 saturated carbocycles. The van der Waals surface area contributed by atoms with Crippen molar-refractivity contribution >= 4 is 26.9 Å². The SMILES string of the molecule is CC(=O)NS(=O)(=O)Cc1noc2ccccc12. The maximum absolute atomic E-state index is 11.5. The van der Waals surface area contributed by atoms with E-state index in [1.54, 1.807) is 24.3 Å². The van der Waals surface area contributed by atoms with Crippen molar-refractivity contribution in [3.63, 3.8) is 0 Å². The lowest BCUT2D eigenvalue weighted by Gasteiger charge is -2.01. The van der Waals surface area contributed by atoms with Crippen molar-refractivity contribution in [2.45, 2.75) is 12.7 Å². The molecule has 1 aromatic heterocycles. The van der Waals surface area contributed by atoms with Crippen LogP contribution in [0.15, 0.2) is 28.8 Å². The molecule has 2 rings (SSSR count). The molecular weight excluding hydrogens is 244 g/mol. The van der Waals surface area contributed by atoms with Crippen LogP contribution in [0.2, 0.25) is 0 Å². The second-order valence-electron chi connectivity index (χ2n) is 3.54. The zero-order valence-electron chi connectivity index (χ0n) is 9.00. The molecule has 1 amide bonds. The molecule has 1 aromatic carbocycles. The zero-order chi connectivity index (χ0) is 12.5. The number of para-hydroxylation sites is 1. The standard InChI is InChI=1S/C10H10N2O4S/c1-7(13)12-17(14,15)6-9-8-4-2-3-5-10(8)16-11-9/h2-5H,6H2,1H3,(H,12,13). The van der Waals surface area contributed by atoms with Gasteiger partial charge in [-0.3, -0.25) is 9.52 Å². The predicted octanol–water partition coefficient (Wildman–Crippen LogP) is 0.794. The summed E-state index contributed by atoms with van der Waals surface area (Å²) in [7, 11) is -3.72. The number of benzene rings is 1. The average Bonchev–Trinajstić information content (AvgIpc) is 2.59. The summed E-state index contributed by atoms with van der Waals surface area (Å²) >= 11 is 0. The second-order valence-corrected chi connectivity index (χ2v) is 5.27. The normalized spacial score (nSPS) is 11.6. The first-order valence-corrected chi connectivity index (χ1v) is 6.47. The number of hydrogen-bond acceptors (Lipinski definition) is 5. The molecule has 0 bridgehead atoms. The minimum Gasteiger partial charge on any atom is -0.356 e. The third-order valence-corrected chi connectivity index (χ3v) is 3.33. The van der Waals surface area contributed by atoms with Gasteiger partial charge in [-0.15, -0.1) is 0 Å². The van der Waals surface area contributed by atoms with Gasteiger partial charge in [-0.25, -0.2) is 8.42 Å². The van der Waals surface area contributed by atoms with Gasteiger partial charge in [0.15, 0.2) is 5.58 Å². The first-order valence-electron chi connectivity index (χ1n) is 4.82. The monoisotopic (exact) mass is 254 g/mol. The highest BCUT2D eigenvalue weighted by Crippen LogP contribution is 2.19. The van der Waals surface area contributed by atoms with Gasteiger partial charge in [-0.1, -0.05) is 17.3 Å². The largest absolute Gasteiger partial charge is 0.356 e. The Hall–Kier alpha value is -1.89. The molecule has 0 aliphatic rings. The number of amides is 1. The minimum absolute atomic E-state index is 0.286. The molecule has 0 radical (unpaired) electrons. The Kier molecular flexibility index (Phi) is 2.84. The van der Waals surface area contributed by atoms with Gasteiger partial charge in [0.05, 0.1) is 0 Å². The molecule has 1 N–H and O–H groups in total. The lowest BCUT2D eigenvalue weighted by molar-refractivity contribution is -0.117. The van der Waals surface area contributed by atoms with Crippen LogP contribution in [0.25, 0.3) is 11.0 Å². The maximum atomic E-state index is 11.5. The summed E-state index contributed by atoms with van der Waals surface area (Å²) in [5.74, 6) is -1.01. The van der Waals surface area contributed by atoms with Crippen molar-refractivity contribution in [3.05, 3.63) is 30.0 Å². The minimum atomic E-state index is -3.72. The molecule has 0 unspecified atom stereocenters. The van der Waals surface area contributed by atoms with E-state index in [1.165, 1.54) is 0 Å². The highest BCUT2D eigenvalue weighted by atomic mass is 32.2. The lowest BCUT2D eigenvalue weighted by Crippen LogP contribution is -2.29. The quantitative estimate of drug-likeness (QED) is 0.874. The molecule has 0 atom stereocenters. The van der Waals surface area contributed by atoms with Crippen LogP contribution in [0, 0.1) is 0 Å². The Bertz CT molecular complexity index is 660. The summed E-state index contributed by atoms with van der Waals surface area (Å²) < 4.78 is 29.9. The summed E-state index contributed by atoms with van der Waals surface area (Å²) in [6.45, 7) is 1.14. The third-order valence-electron chi connectivity index (χ3n) is 2.08. The van der Waals surface area contributed by atoms with Gasteiger partial charge >= 0.3 is 0 Å². The maximum Gasteiger partial charge on any atom is 0.240 e. The van der Waals surface area contributed by atoms with Crippen molar-refractivity contribution in [3.8, 4) is 0 Å². The number of hydrogen-bond donors (Lipinski definition) is 1. The smallest absolute Gasteiger partial charge is 0.240 e. The van der Waals surface area contributed by atoms with Gasteiger partial charge in [-0.2, -0.15) is 0 Å². The van der Waals surface area contributed by atoms with Crippen LogP contribution in [0.1, 0.15) is 12.6 Å². The molecule has 0 saturated heterocycles. The summed E-state index contributed by atoms with van der Waals surface area (Å²) in [5, 5.41) is 4.31. The van der Waals surface area contributed by atoms with Crippen LogP contribution >= 0.6 is 0 Å². The van der Waals surface area contributed by atoms with Gasteiger partial charge < -0.3 is 4.52 Å². The Labute approximate surface area is 97.6 Å². The molecule has 90 valence electrons. The Morgan fingerprint density at radius 3 is 2.82 bits per heavy atom. The van der Waals surface area contributed by atoms with Crippen molar-refractivity contribution in [1.82, 2.24) is 9.88 Å². The van der Waals surface area contributed by atoms with Gasteiger partial charge in [0, 0.05) is 12.3 Å². The second kappa shape index (κ2) is 4.17. The number of carbonyl (C=O) groups is 1. The molecule has 2 aromatic rings. The van der Waals surface area contributed by atoms with E-state index in [-0.39, 0.29) is 11.4 Å². The average molecular weight is 254 g/mol. The molecule has 0 aliphatic carbocycles. The summed E-state index contributed by atoms with van der Waals surface area (Å²) in [4.78, 5) is 10.7. The molecule has 6 nitrogen and oxygen atoms in total. The molecule has 17 heavy (non-hydrogen) atoms. The van der Waals surface area contributed by atoms with Gasteiger partial charge in [-0.05, 0) is 12.1 Å². The summed E-state index contributed by atoms with van der Waals surface area (Å²) in [6, 6.07) is 6.93. The highest BCUT2D eigenvalue weighted by molar-refractivity contribution is 7.89. The Morgan fingerprint density at radius 1 is 1.41 bits per heavy atom. The van der Waals surface area contributed by atoms with E-state index < -0.39 is 15.9 Å². The van der Waals surface area contributed by atoms with E-state index >= 15 is 0 Å². The van der Waals surface area contributed by atoms with E-state index in [1.807, 2.05) is 4.72 Å². The number of nitrogens with one attached hydrogen (secondary N) is 1. The highest BCUT2D eigenvalue weighted by Gasteiger charge is 2.18. The summed E-state index contributed by atoms with van der Waals surface area (Å²) in [5.41, 5.74) is 0.801. The van der Waals surface area contributed by atoms with Crippen LogP contribution in [0.3, 0.4) is 0 Å². The fourth-order valence-electron chi connectivity index (χ4n) is 1.48. The molecular formula is C10H10N2O4S. The molecule has 0 fully saturated rings. The topological polar surface area (TPSA) is 89.3 Å². The van der Waals surface area contributed by atoms with Crippen molar-refractivity contribution in [2.24, 2.45) is 0 Å². The van der Waals surface area contributed by atoms with Gasteiger partial charge in [0.25, 0.3) is 0 Å². The lowest BCUT2D eigenvalue weighted by atomic mass is 10.2. The predicted molar refractivity (Wildman–Crippen MR) is 60.4 cm³/mol. The fraction of sp³-hybridized carbons (Fsp3) is 0.200. The van der Waals surface area contributed by atoms with Crippen LogP contribution in [0.5, 0.6) is 0 Å². The third kappa shape index (κ3) is 2.62. The van der Waals surface area contributed by atoms with E-state index in [4.69, 9.17) is 4.52 Å². The van der Waals surface area contributed by atoms with Crippen molar-refractivity contribution in [1.29, 1.82) is 0 Å². The van der Waals surface area contributed by atoms with Crippen LogP contribution in [0.4, 0.5) is 0 Å². The first kappa shape index (κ1) is 11.6. The number of rotatable bonds is 3. The Balaban J connectivity index is 2.33. The van der Waals surface area contributed by atoms with Crippen molar-refractivity contribution < 1.29 is 17.7 Å². The number of nitrogens with zero attached hydrogens (tertiary/aromatic N) is 1. The van der Waals surface area contributed by atoms with E-state index in [0.29, 0.717) is 11.0 Å². The van der Waals surface area contributed by atoms with E-state index in [9.17, 15) is 13.2 Å². The van der Waals surface area contributed by atoms with Crippen molar-refractivity contribution in [2.75, 3.05) is 0 Å². The van der Waals surface area contributed by atoms with Crippen LogP contribution < -0.4 is 4.72 Å². The van der Waals surface area contributed by atoms with Crippen LogP contribution in [-0.2, 0) is 20.6 Å². The van der Waals surface area contributed by atoms with Crippen LogP contribution in [-0.4, -0.2) is 19.5 Å². The molecule has 1 heterocycles. The molecule has 0 aliphatic heterocycles. The Morgan fingerprint density at radius 2 is 2.12 bits per heavy atom. The van der Waals surface area contributed by atoms with E-state index in [0.717, 1.165) is 6.92 Å². The fourth-order valence-corrected chi connectivity index (χ4v) is 2.56. The first-order chi connectivity index (χ1) is 7.98. The zero-order valence-corrected chi connectivity index (χ0v) is 9.82. The number of carbonyl (C=O) groups excluding carboxylic acids is 1. The van der Waals surface area contributed by atoms with Gasteiger partial charge in [0.1, 0.15) is 11.4 Å². The number of sulfonamides is 1. The number of aromatic nitrogens is 1. The number of fused-ring (bicyclic) bond motifs is 1. The molecule has 0 spiro atoms. The van der Waals surface area contributed by atoms with Gasteiger partial charge in [0.2, 0.25) is 15.9 Å². The summed E-state index contributed by atoms with van der Waals surface area (Å²) in [6.07, 6.45) is 0. The van der Waals surface area contributed by atoms with E-state index in [2.05, 4.69) is 5.16 Å².